The van der Waals surface area contributed by atoms with Crippen LogP contribution in [0.15, 0.2) is 0 Å². The van der Waals surface area contributed by atoms with Crippen LogP contribution in [0, 0.1) is 11.8 Å². The summed E-state index contributed by atoms with van der Waals surface area (Å²) in [6, 6.07) is 0. The molecule has 0 bridgehead atoms. The van der Waals surface area contributed by atoms with E-state index in [2.05, 4.69) is 27.7 Å². The van der Waals surface area contributed by atoms with Gasteiger partial charge >= 0.3 is 5.97 Å². The maximum absolute atomic E-state index is 10.6. The Labute approximate surface area is 87.1 Å². The third-order valence-corrected chi connectivity index (χ3v) is 2.00. The number of nitrogens with zero attached hydrogens (tertiary/aromatic N) is 1. The molecule has 0 amide bonds. The van der Waals surface area contributed by atoms with Gasteiger partial charge in [-0.1, -0.05) is 27.7 Å². The van der Waals surface area contributed by atoms with Gasteiger partial charge in [0, 0.05) is 6.54 Å². The van der Waals surface area contributed by atoms with Gasteiger partial charge in [0.2, 0.25) is 0 Å². The highest BCUT2D eigenvalue weighted by Crippen LogP contribution is 2.04. The number of hydrogen-bond donors (Lipinski definition) is 1. The second kappa shape index (κ2) is 6.82. The quantitative estimate of drug-likeness (QED) is 0.685. The Bertz CT molecular complexity index is 167. The number of carboxylic acids is 1. The molecule has 0 rings (SSSR count). The first kappa shape index (κ1) is 13.4. The van der Waals surface area contributed by atoms with Crippen LogP contribution in [-0.4, -0.2) is 35.6 Å². The van der Waals surface area contributed by atoms with Crippen LogP contribution >= 0.6 is 0 Å². The van der Waals surface area contributed by atoms with Crippen LogP contribution < -0.4 is 0 Å². The van der Waals surface area contributed by atoms with Crippen LogP contribution in [0.25, 0.3) is 0 Å². The molecule has 3 nitrogen and oxygen atoms in total. The minimum atomic E-state index is -0.727. The average Bonchev–Trinajstić information content (AvgIpc) is 1.97. The molecule has 0 aromatic carbocycles. The summed E-state index contributed by atoms with van der Waals surface area (Å²) in [5, 5.41) is 8.72. The zero-order valence-electron chi connectivity index (χ0n) is 9.79. The minimum absolute atomic E-state index is 0.172. The van der Waals surface area contributed by atoms with Gasteiger partial charge in [0.1, 0.15) is 0 Å². The summed E-state index contributed by atoms with van der Waals surface area (Å²) in [6.07, 6.45) is 1.07. The fourth-order valence-corrected chi connectivity index (χ4v) is 1.38. The Balaban J connectivity index is 3.90. The molecule has 0 aliphatic rings. The lowest BCUT2D eigenvalue weighted by Crippen LogP contribution is -2.34. The predicted molar refractivity (Wildman–Crippen MR) is 58.4 cm³/mol. The lowest BCUT2D eigenvalue weighted by atomic mass is 10.1. The second-order valence-corrected chi connectivity index (χ2v) is 4.71. The molecular weight excluding hydrogens is 178 g/mol. The van der Waals surface area contributed by atoms with E-state index in [1.54, 1.807) is 0 Å². The van der Waals surface area contributed by atoms with Crippen molar-refractivity contribution >= 4 is 5.97 Å². The molecule has 0 spiro atoms. The van der Waals surface area contributed by atoms with Crippen LogP contribution in [0.5, 0.6) is 0 Å². The standard InChI is InChI=1S/C11H23NO2/c1-9(2)5-6-12(7-10(3)4)8-11(13)14/h9-10H,5-8H2,1-4H3,(H,13,14). The Hall–Kier alpha value is -0.570. The van der Waals surface area contributed by atoms with Crippen LogP contribution in [0.2, 0.25) is 0 Å². The van der Waals surface area contributed by atoms with Crippen molar-refractivity contribution in [1.29, 1.82) is 0 Å². The first-order chi connectivity index (χ1) is 6.41. The summed E-state index contributed by atoms with van der Waals surface area (Å²) in [7, 11) is 0. The lowest BCUT2D eigenvalue weighted by Gasteiger charge is -2.22. The molecule has 0 aromatic rings. The predicted octanol–water partition coefficient (Wildman–Crippen LogP) is 2.08. The van der Waals surface area contributed by atoms with Crippen molar-refractivity contribution in [1.82, 2.24) is 4.90 Å². The molecule has 0 radical (unpaired) electrons. The van der Waals surface area contributed by atoms with Gasteiger partial charge in [-0.05, 0) is 24.8 Å². The third kappa shape index (κ3) is 8.05. The Kier molecular flexibility index (Phi) is 6.54. The smallest absolute Gasteiger partial charge is 0.317 e. The maximum Gasteiger partial charge on any atom is 0.317 e. The molecule has 0 atom stereocenters. The van der Waals surface area contributed by atoms with Gasteiger partial charge in [-0.2, -0.15) is 0 Å². The molecule has 0 heterocycles. The zero-order chi connectivity index (χ0) is 11.1. The molecule has 1 N–H and O–H groups in total. The fraction of sp³-hybridized carbons (Fsp3) is 0.909. The van der Waals surface area contributed by atoms with Crippen molar-refractivity contribution in [2.24, 2.45) is 11.8 Å². The van der Waals surface area contributed by atoms with Crippen molar-refractivity contribution in [3.63, 3.8) is 0 Å². The first-order valence-corrected chi connectivity index (χ1v) is 5.36. The topological polar surface area (TPSA) is 40.5 Å². The molecule has 0 aromatic heterocycles. The van der Waals surface area contributed by atoms with Crippen molar-refractivity contribution in [2.75, 3.05) is 19.6 Å². The van der Waals surface area contributed by atoms with Gasteiger partial charge in [-0.15, -0.1) is 0 Å². The van der Waals surface area contributed by atoms with E-state index in [1.165, 1.54) is 0 Å². The van der Waals surface area contributed by atoms with Crippen molar-refractivity contribution in [2.45, 2.75) is 34.1 Å². The SMILES string of the molecule is CC(C)CCN(CC(=O)O)CC(C)C. The molecule has 84 valence electrons. The van der Waals surface area contributed by atoms with Crippen LogP contribution in [0.1, 0.15) is 34.1 Å². The van der Waals surface area contributed by atoms with Crippen molar-refractivity contribution < 1.29 is 9.90 Å². The van der Waals surface area contributed by atoms with Gasteiger partial charge in [0.05, 0.1) is 6.54 Å². The van der Waals surface area contributed by atoms with E-state index in [4.69, 9.17) is 5.11 Å². The van der Waals surface area contributed by atoms with Crippen molar-refractivity contribution in [3.8, 4) is 0 Å². The lowest BCUT2D eigenvalue weighted by molar-refractivity contribution is -0.138. The zero-order valence-corrected chi connectivity index (χ0v) is 9.79. The highest BCUT2D eigenvalue weighted by molar-refractivity contribution is 5.69. The summed E-state index contributed by atoms with van der Waals surface area (Å²) < 4.78 is 0. The van der Waals surface area contributed by atoms with Gasteiger partial charge in [-0.25, -0.2) is 0 Å². The van der Waals surface area contributed by atoms with E-state index in [9.17, 15) is 4.79 Å². The molecule has 0 unspecified atom stereocenters. The number of aliphatic carboxylic acids is 1. The largest absolute Gasteiger partial charge is 0.480 e. The van der Waals surface area contributed by atoms with Crippen LogP contribution in [-0.2, 0) is 4.79 Å². The maximum atomic E-state index is 10.6. The molecule has 0 aliphatic carbocycles. The van der Waals surface area contributed by atoms with E-state index in [0.29, 0.717) is 11.8 Å². The number of rotatable bonds is 7. The Morgan fingerprint density at radius 2 is 1.79 bits per heavy atom. The minimum Gasteiger partial charge on any atom is -0.480 e. The summed E-state index contributed by atoms with van der Waals surface area (Å²) in [5.74, 6) is 0.439. The summed E-state index contributed by atoms with van der Waals surface area (Å²) in [6.45, 7) is 10.5. The second-order valence-electron chi connectivity index (χ2n) is 4.71. The Morgan fingerprint density at radius 3 is 2.14 bits per heavy atom. The van der Waals surface area contributed by atoms with E-state index >= 15 is 0 Å². The van der Waals surface area contributed by atoms with Gasteiger partial charge in [0.15, 0.2) is 0 Å². The number of carbonyl (C=O) groups is 1. The van der Waals surface area contributed by atoms with E-state index < -0.39 is 5.97 Å². The summed E-state index contributed by atoms with van der Waals surface area (Å²) in [4.78, 5) is 12.6. The van der Waals surface area contributed by atoms with Crippen molar-refractivity contribution in [3.05, 3.63) is 0 Å². The van der Waals surface area contributed by atoms with E-state index in [1.807, 2.05) is 4.90 Å². The van der Waals surface area contributed by atoms with E-state index in [0.717, 1.165) is 19.5 Å². The fourth-order valence-electron chi connectivity index (χ4n) is 1.38. The summed E-state index contributed by atoms with van der Waals surface area (Å²) >= 11 is 0. The first-order valence-electron chi connectivity index (χ1n) is 5.36. The highest BCUT2D eigenvalue weighted by Gasteiger charge is 2.11. The van der Waals surface area contributed by atoms with Crippen LogP contribution in [0.3, 0.4) is 0 Å². The number of carboxylic acid groups (broad SMARTS) is 1. The molecule has 3 heteroatoms. The van der Waals surface area contributed by atoms with Gasteiger partial charge in [-0.3, -0.25) is 9.69 Å². The Morgan fingerprint density at radius 1 is 1.21 bits per heavy atom. The highest BCUT2D eigenvalue weighted by atomic mass is 16.4. The third-order valence-electron chi connectivity index (χ3n) is 2.00. The van der Waals surface area contributed by atoms with Gasteiger partial charge in [0.25, 0.3) is 0 Å². The molecule has 0 fully saturated rings. The van der Waals surface area contributed by atoms with Gasteiger partial charge < -0.3 is 5.11 Å². The molecule has 14 heavy (non-hydrogen) atoms. The summed E-state index contributed by atoms with van der Waals surface area (Å²) in [5.41, 5.74) is 0. The number of hydrogen-bond acceptors (Lipinski definition) is 2. The molecule has 0 saturated carbocycles. The van der Waals surface area contributed by atoms with Crippen LogP contribution in [0.4, 0.5) is 0 Å². The monoisotopic (exact) mass is 201 g/mol. The normalized spacial score (nSPS) is 11.6. The molecular formula is C11H23NO2. The molecule has 0 saturated heterocycles. The van der Waals surface area contributed by atoms with E-state index in [-0.39, 0.29) is 6.54 Å². The molecule has 0 aliphatic heterocycles. The average molecular weight is 201 g/mol.